The third kappa shape index (κ3) is 3.79. The Labute approximate surface area is 128 Å². The summed E-state index contributed by atoms with van der Waals surface area (Å²) in [5, 5.41) is 4.90. The normalized spacial score (nSPS) is 11.4. The predicted molar refractivity (Wildman–Crippen MR) is 83.4 cm³/mol. The molecule has 0 aliphatic heterocycles. The van der Waals surface area contributed by atoms with Crippen LogP contribution in [0.15, 0.2) is 41.2 Å². The Morgan fingerprint density at radius 1 is 1.14 bits per heavy atom. The van der Waals surface area contributed by atoms with Crippen LogP contribution in [0, 0.1) is 5.41 Å². The molecule has 21 heavy (non-hydrogen) atoms. The average molecular weight is 305 g/mol. The summed E-state index contributed by atoms with van der Waals surface area (Å²) < 4.78 is 1.21. The van der Waals surface area contributed by atoms with Crippen molar-refractivity contribution >= 4 is 17.4 Å². The number of nitrogens with zero attached hydrogens (tertiary/aromatic N) is 2. The lowest BCUT2D eigenvalue weighted by atomic mass is 9.91. The highest BCUT2D eigenvalue weighted by Crippen LogP contribution is 2.19. The smallest absolute Gasteiger partial charge is 0.267 e. The van der Waals surface area contributed by atoms with Crippen LogP contribution in [0.1, 0.15) is 20.8 Å². The molecule has 0 unspecified atom stereocenters. The van der Waals surface area contributed by atoms with E-state index >= 15 is 0 Å². The highest BCUT2D eigenvalue weighted by molar-refractivity contribution is 6.30. The van der Waals surface area contributed by atoms with E-state index in [9.17, 15) is 9.59 Å². The highest BCUT2D eigenvalue weighted by atomic mass is 35.5. The van der Waals surface area contributed by atoms with Crippen molar-refractivity contribution in [3.05, 3.63) is 51.8 Å². The zero-order chi connectivity index (χ0) is 15.6. The average Bonchev–Trinajstić information content (AvgIpc) is 2.41. The summed E-state index contributed by atoms with van der Waals surface area (Å²) in [5.74, 6) is -0.0367. The molecule has 0 atom stereocenters. The van der Waals surface area contributed by atoms with Gasteiger partial charge in [0.05, 0.1) is 5.69 Å². The number of carbonyl (C=O) groups is 1. The number of hydrogen-bond donors (Lipinski definition) is 0. The second kappa shape index (κ2) is 5.82. The maximum Gasteiger partial charge on any atom is 0.267 e. The van der Waals surface area contributed by atoms with Crippen LogP contribution in [0.2, 0.25) is 5.02 Å². The Kier molecular flexibility index (Phi) is 4.28. The number of benzene rings is 1. The zero-order valence-corrected chi connectivity index (χ0v) is 13.0. The third-order valence-electron chi connectivity index (χ3n) is 3.14. The number of hydrogen-bond acceptors (Lipinski definition) is 3. The fraction of sp³-hybridized carbons (Fsp3) is 0.312. The van der Waals surface area contributed by atoms with Gasteiger partial charge in [-0.05, 0) is 18.2 Å². The van der Waals surface area contributed by atoms with Gasteiger partial charge in [-0.2, -0.15) is 5.10 Å². The third-order valence-corrected chi connectivity index (χ3v) is 3.39. The summed E-state index contributed by atoms with van der Waals surface area (Å²) in [7, 11) is 0. The first-order valence-electron chi connectivity index (χ1n) is 6.65. The number of halogens is 1. The predicted octanol–water partition coefficient (Wildman–Crippen LogP) is 3.18. The topological polar surface area (TPSA) is 52.0 Å². The van der Waals surface area contributed by atoms with Crippen molar-refractivity contribution in [3.63, 3.8) is 0 Å². The van der Waals surface area contributed by atoms with Gasteiger partial charge >= 0.3 is 0 Å². The van der Waals surface area contributed by atoms with Gasteiger partial charge in [0.1, 0.15) is 6.54 Å². The fourth-order valence-electron chi connectivity index (χ4n) is 1.71. The van der Waals surface area contributed by atoms with Crippen LogP contribution in [0.3, 0.4) is 0 Å². The van der Waals surface area contributed by atoms with E-state index in [0.717, 1.165) is 5.56 Å². The second-order valence-electron chi connectivity index (χ2n) is 5.89. The summed E-state index contributed by atoms with van der Waals surface area (Å²) in [6.07, 6.45) is 0. The number of rotatable bonds is 3. The number of Topliss-reactive ketones (excluding diaryl/α,β-unsaturated/α-hetero) is 1. The molecule has 1 aromatic heterocycles. The minimum atomic E-state index is -0.503. The number of ketones is 1. The quantitative estimate of drug-likeness (QED) is 0.875. The monoisotopic (exact) mass is 304 g/mol. The molecule has 0 fully saturated rings. The zero-order valence-electron chi connectivity index (χ0n) is 12.3. The SMILES string of the molecule is CC(C)(C)C(=O)Cn1nc(-c2ccc(Cl)cc2)ccc1=O. The van der Waals surface area contributed by atoms with Crippen LogP contribution in [0.5, 0.6) is 0 Å². The second-order valence-corrected chi connectivity index (χ2v) is 6.33. The first-order valence-corrected chi connectivity index (χ1v) is 7.02. The van der Waals surface area contributed by atoms with E-state index < -0.39 is 5.41 Å². The minimum absolute atomic E-state index is 0.0240. The van der Waals surface area contributed by atoms with E-state index in [1.807, 2.05) is 32.9 Å². The number of aromatic nitrogens is 2. The van der Waals surface area contributed by atoms with Gasteiger partial charge < -0.3 is 0 Å². The molecule has 0 aliphatic carbocycles. The maximum absolute atomic E-state index is 12.1. The molecular weight excluding hydrogens is 288 g/mol. The van der Waals surface area contributed by atoms with Crippen LogP contribution < -0.4 is 5.56 Å². The van der Waals surface area contributed by atoms with E-state index in [2.05, 4.69) is 5.10 Å². The molecule has 0 radical (unpaired) electrons. The van der Waals surface area contributed by atoms with Gasteiger partial charge in [0.2, 0.25) is 0 Å². The van der Waals surface area contributed by atoms with Gasteiger partial charge in [-0.15, -0.1) is 0 Å². The summed E-state index contributed by atoms with van der Waals surface area (Å²) in [6.45, 7) is 5.44. The van der Waals surface area contributed by atoms with Crippen molar-refractivity contribution in [1.29, 1.82) is 0 Å². The highest BCUT2D eigenvalue weighted by Gasteiger charge is 2.22. The molecule has 0 bridgehead atoms. The van der Waals surface area contributed by atoms with Crippen molar-refractivity contribution < 1.29 is 4.79 Å². The Morgan fingerprint density at radius 3 is 2.33 bits per heavy atom. The van der Waals surface area contributed by atoms with E-state index in [1.165, 1.54) is 10.7 Å². The summed E-state index contributed by atoms with van der Waals surface area (Å²) in [4.78, 5) is 23.9. The molecule has 2 rings (SSSR count). The standard InChI is InChI=1S/C16H17ClN2O2/c1-16(2,3)14(20)10-19-15(21)9-8-13(18-19)11-4-6-12(17)7-5-11/h4-9H,10H2,1-3H3. The van der Waals surface area contributed by atoms with Gasteiger partial charge in [0.25, 0.3) is 5.56 Å². The number of carbonyl (C=O) groups excluding carboxylic acids is 1. The van der Waals surface area contributed by atoms with E-state index in [0.29, 0.717) is 10.7 Å². The molecule has 0 spiro atoms. The van der Waals surface area contributed by atoms with Crippen LogP contribution in [-0.4, -0.2) is 15.6 Å². The lowest BCUT2D eigenvalue weighted by Gasteiger charge is -2.17. The summed E-state index contributed by atoms with van der Waals surface area (Å²) >= 11 is 5.85. The minimum Gasteiger partial charge on any atom is -0.297 e. The molecule has 110 valence electrons. The molecule has 1 heterocycles. The Bertz CT molecular complexity index is 712. The first kappa shape index (κ1) is 15.4. The van der Waals surface area contributed by atoms with Crippen molar-refractivity contribution in [2.45, 2.75) is 27.3 Å². The molecular formula is C16H17ClN2O2. The lowest BCUT2D eigenvalue weighted by molar-refractivity contribution is -0.127. The van der Waals surface area contributed by atoms with Gasteiger partial charge in [-0.3, -0.25) is 9.59 Å². The van der Waals surface area contributed by atoms with E-state index in [-0.39, 0.29) is 17.9 Å². The molecule has 0 saturated carbocycles. The van der Waals surface area contributed by atoms with Crippen molar-refractivity contribution in [2.24, 2.45) is 5.41 Å². The Balaban J connectivity index is 2.36. The summed E-state index contributed by atoms with van der Waals surface area (Å²) in [6, 6.07) is 10.2. The van der Waals surface area contributed by atoms with Crippen LogP contribution in [0.25, 0.3) is 11.3 Å². The fourth-order valence-corrected chi connectivity index (χ4v) is 1.84. The summed E-state index contributed by atoms with van der Waals surface area (Å²) in [5.41, 5.74) is 0.687. The molecule has 0 aliphatic rings. The van der Waals surface area contributed by atoms with E-state index in [4.69, 9.17) is 11.6 Å². The maximum atomic E-state index is 12.1. The molecule has 4 nitrogen and oxygen atoms in total. The molecule has 0 saturated heterocycles. The van der Waals surface area contributed by atoms with Crippen molar-refractivity contribution in [1.82, 2.24) is 9.78 Å². The largest absolute Gasteiger partial charge is 0.297 e. The van der Waals surface area contributed by atoms with Crippen LogP contribution >= 0.6 is 11.6 Å². The molecule has 0 amide bonds. The molecule has 0 N–H and O–H groups in total. The first-order chi connectivity index (χ1) is 9.77. The van der Waals surface area contributed by atoms with Crippen LogP contribution in [-0.2, 0) is 11.3 Å². The lowest BCUT2D eigenvalue weighted by Crippen LogP contribution is -2.32. The van der Waals surface area contributed by atoms with Crippen molar-refractivity contribution in [3.8, 4) is 11.3 Å². The van der Waals surface area contributed by atoms with Crippen LogP contribution in [0.4, 0.5) is 0 Å². The molecule has 1 aromatic carbocycles. The van der Waals surface area contributed by atoms with E-state index in [1.54, 1.807) is 18.2 Å². The molecule has 5 heteroatoms. The van der Waals surface area contributed by atoms with Gasteiger partial charge in [-0.25, -0.2) is 4.68 Å². The van der Waals surface area contributed by atoms with Gasteiger partial charge in [0, 0.05) is 22.1 Å². The van der Waals surface area contributed by atoms with Gasteiger partial charge in [0.15, 0.2) is 5.78 Å². The van der Waals surface area contributed by atoms with Crippen molar-refractivity contribution in [2.75, 3.05) is 0 Å². The van der Waals surface area contributed by atoms with Gasteiger partial charge in [-0.1, -0.05) is 44.5 Å². The Hall–Kier alpha value is -1.94. The molecule has 2 aromatic rings. The Morgan fingerprint density at radius 2 is 1.76 bits per heavy atom.